The van der Waals surface area contributed by atoms with Gasteiger partial charge in [-0.15, -0.1) is 0 Å². The molecule has 76 valence electrons. The average Bonchev–Trinajstić information content (AvgIpc) is 2.11. The van der Waals surface area contributed by atoms with E-state index in [1.54, 1.807) is 0 Å². The lowest BCUT2D eigenvalue weighted by Gasteiger charge is -2.11. The Bertz CT molecular complexity index is 150. The van der Waals surface area contributed by atoms with E-state index in [0.29, 0.717) is 0 Å². The molecule has 0 atom stereocenters. The van der Waals surface area contributed by atoms with E-state index >= 15 is 0 Å². The van der Waals surface area contributed by atoms with Crippen LogP contribution in [-0.4, -0.2) is 31.6 Å². The molecule has 0 aromatic carbocycles. The van der Waals surface area contributed by atoms with Crippen LogP contribution in [0.1, 0.15) is 19.8 Å². The van der Waals surface area contributed by atoms with E-state index in [-0.39, 0.29) is 0 Å². The molecule has 0 aliphatic rings. The van der Waals surface area contributed by atoms with Crippen molar-refractivity contribution in [3.05, 3.63) is 24.3 Å². The maximum absolute atomic E-state index is 5.42. The second kappa shape index (κ2) is 9.49. The summed E-state index contributed by atoms with van der Waals surface area (Å²) < 4.78 is 0. The largest absolute Gasteiger partial charge is 0.329 e. The molecule has 0 bridgehead atoms. The summed E-state index contributed by atoms with van der Waals surface area (Å²) in [5.41, 5.74) is 5.42. The first-order chi connectivity index (χ1) is 6.31. The first-order valence-corrected chi connectivity index (χ1v) is 4.99. The summed E-state index contributed by atoms with van der Waals surface area (Å²) in [4.78, 5) is 2.21. The summed E-state index contributed by atoms with van der Waals surface area (Å²) in [6.07, 6.45) is 10.9. The second-order valence-corrected chi connectivity index (χ2v) is 3.14. The van der Waals surface area contributed by atoms with E-state index in [0.717, 1.165) is 32.5 Å². The van der Waals surface area contributed by atoms with Crippen molar-refractivity contribution in [1.82, 2.24) is 4.90 Å². The van der Waals surface area contributed by atoms with Gasteiger partial charge in [0.2, 0.25) is 0 Å². The fourth-order valence-corrected chi connectivity index (χ4v) is 1.00. The molecule has 0 aromatic rings. The first-order valence-electron chi connectivity index (χ1n) is 4.99. The van der Waals surface area contributed by atoms with Gasteiger partial charge in [-0.05, 0) is 19.9 Å². The number of allylic oxidation sites excluding steroid dienone is 3. The summed E-state index contributed by atoms with van der Waals surface area (Å²) in [6, 6.07) is 0. The molecule has 0 heterocycles. The topological polar surface area (TPSA) is 29.3 Å². The summed E-state index contributed by atoms with van der Waals surface area (Å²) in [6.45, 7) is 4.85. The van der Waals surface area contributed by atoms with Crippen molar-refractivity contribution in [1.29, 1.82) is 0 Å². The van der Waals surface area contributed by atoms with Crippen molar-refractivity contribution >= 4 is 0 Å². The highest BCUT2D eigenvalue weighted by atomic mass is 15.1. The molecule has 2 nitrogen and oxygen atoms in total. The minimum Gasteiger partial charge on any atom is -0.329 e. The highest BCUT2D eigenvalue weighted by molar-refractivity contribution is 4.93. The van der Waals surface area contributed by atoms with Gasteiger partial charge >= 0.3 is 0 Å². The number of nitrogens with two attached hydrogens (primary N) is 1. The Hall–Kier alpha value is -0.600. The third-order valence-corrected chi connectivity index (χ3v) is 1.77. The zero-order valence-corrected chi connectivity index (χ0v) is 8.87. The molecule has 0 aromatic heterocycles. The van der Waals surface area contributed by atoms with Crippen LogP contribution in [0.25, 0.3) is 0 Å². The van der Waals surface area contributed by atoms with E-state index in [1.807, 2.05) is 0 Å². The van der Waals surface area contributed by atoms with Gasteiger partial charge in [0.15, 0.2) is 0 Å². The maximum atomic E-state index is 5.42. The second-order valence-electron chi connectivity index (χ2n) is 3.14. The molecule has 2 heteroatoms. The van der Waals surface area contributed by atoms with E-state index in [2.05, 4.69) is 43.2 Å². The Balaban J connectivity index is 3.34. The molecular weight excluding hydrogens is 160 g/mol. The van der Waals surface area contributed by atoms with Crippen molar-refractivity contribution < 1.29 is 0 Å². The number of hydrogen-bond donors (Lipinski definition) is 1. The molecular formula is C11H22N2. The molecule has 0 saturated heterocycles. The minimum absolute atomic E-state index is 0.736. The van der Waals surface area contributed by atoms with Gasteiger partial charge < -0.3 is 10.6 Å². The van der Waals surface area contributed by atoms with Crippen LogP contribution in [-0.2, 0) is 0 Å². The van der Waals surface area contributed by atoms with Gasteiger partial charge in [0.1, 0.15) is 0 Å². The first kappa shape index (κ1) is 12.4. The van der Waals surface area contributed by atoms with E-state index < -0.39 is 0 Å². The molecule has 0 radical (unpaired) electrons. The lowest BCUT2D eigenvalue weighted by molar-refractivity contribution is 0.380. The summed E-state index contributed by atoms with van der Waals surface area (Å²) >= 11 is 0. The Kier molecular flexibility index (Phi) is 9.05. The Morgan fingerprint density at radius 2 is 1.85 bits per heavy atom. The van der Waals surface area contributed by atoms with Crippen LogP contribution in [0.3, 0.4) is 0 Å². The number of hydrogen-bond acceptors (Lipinski definition) is 2. The lowest BCUT2D eigenvalue weighted by Crippen LogP contribution is -2.25. The predicted molar refractivity (Wildman–Crippen MR) is 59.7 cm³/mol. The van der Waals surface area contributed by atoms with E-state index in [4.69, 9.17) is 5.73 Å². The van der Waals surface area contributed by atoms with Crippen LogP contribution in [0.4, 0.5) is 0 Å². The van der Waals surface area contributed by atoms with E-state index in [9.17, 15) is 0 Å². The van der Waals surface area contributed by atoms with Crippen LogP contribution < -0.4 is 5.73 Å². The quantitative estimate of drug-likeness (QED) is 0.608. The fourth-order valence-electron chi connectivity index (χ4n) is 1.00. The van der Waals surface area contributed by atoms with Crippen molar-refractivity contribution in [2.45, 2.75) is 19.8 Å². The Labute approximate surface area is 82.1 Å². The summed E-state index contributed by atoms with van der Waals surface area (Å²) in [5.74, 6) is 0. The maximum Gasteiger partial charge on any atom is 0.0160 e. The molecule has 13 heavy (non-hydrogen) atoms. The molecule has 0 fully saturated rings. The smallest absolute Gasteiger partial charge is 0.0160 e. The van der Waals surface area contributed by atoms with Gasteiger partial charge in [-0.25, -0.2) is 0 Å². The van der Waals surface area contributed by atoms with E-state index in [1.165, 1.54) is 0 Å². The van der Waals surface area contributed by atoms with Gasteiger partial charge in [0.25, 0.3) is 0 Å². The normalized spacial score (nSPS) is 12.3. The van der Waals surface area contributed by atoms with Crippen LogP contribution in [0, 0.1) is 0 Å². The van der Waals surface area contributed by atoms with Crippen LogP contribution in [0.15, 0.2) is 24.3 Å². The number of rotatable bonds is 7. The fraction of sp³-hybridized carbons (Fsp3) is 0.636. The lowest BCUT2D eigenvalue weighted by atomic mass is 10.3. The van der Waals surface area contributed by atoms with Crippen LogP contribution in [0.5, 0.6) is 0 Å². The van der Waals surface area contributed by atoms with Crippen molar-refractivity contribution in [3.8, 4) is 0 Å². The Morgan fingerprint density at radius 1 is 1.15 bits per heavy atom. The van der Waals surface area contributed by atoms with Gasteiger partial charge in [-0.2, -0.15) is 0 Å². The molecule has 0 saturated carbocycles. The number of nitrogens with zero attached hydrogens (tertiary/aromatic N) is 1. The molecule has 0 aliphatic heterocycles. The third kappa shape index (κ3) is 9.31. The minimum atomic E-state index is 0.736. The predicted octanol–water partition coefficient (Wildman–Crippen LogP) is 1.79. The molecule has 2 N–H and O–H groups in total. The van der Waals surface area contributed by atoms with Gasteiger partial charge in [-0.1, -0.05) is 31.2 Å². The highest BCUT2D eigenvalue weighted by Crippen LogP contribution is 1.89. The molecule has 0 aliphatic carbocycles. The highest BCUT2D eigenvalue weighted by Gasteiger charge is 1.89. The van der Waals surface area contributed by atoms with Gasteiger partial charge in [-0.3, -0.25) is 0 Å². The number of likely N-dealkylation sites (N-methyl/N-ethyl adjacent to an activating group) is 1. The summed E-state index contributed by atoms with van der Waals surface area (Å²) in [5, 5.41) is 0. The summed E-state index contributed by atoms with van der Waals surface area (Å²) in [7, 11) is 2.08. The molecule has 0 unspecified atom stereocenters. The van der Waals surface area contributed by atoms with Crippen molar-refractivity contribution in [2.75, 3.05) is 26.7 Å². The Morgan fingerprint density at radius 3 is 2.46 bits per heavy atom. The van der Waals surface area contributed by atoms with Gasteiger partial charge in [0, 0.05) is 19.6 Å². The van der Waals surface area contributed by atoms with Crippen molar-refractivity contribution in [3.63, 3.8) is 0 Å². The van der Waals surface area contributed by atoms with Crippen LogP contribution in [0.2, 0.25) is 0 Å². The SMILES string of the molecule is CCC=CCC=CCN(C)CCN. The third-order valence-electron chi connectivity index (χ3n) is 1.77. The molecule has 0 spiro atoms. The zero-order valence-electron chi connectivity index (χ0n) is 8.87. The average molecular weight is 182 g/mol. The molecule has 0 rings (SSSR count). The standard InChI is InChI=1S/C11H22N2/c1-3-4-5-6-7-8-10-13(2)11-9-12/h4-5,7-8H,3,6,9-12H2,1-2H3. The monoisotopic (exact) mass is 182 g/mol. The van der Waals surface area contributed by atoms with Gasteiger partial charge in [0.05, 0.1) is 0 Å². The van der Waals surface area contributed by atoms with Crippen LogP contribution >= 0.6 is 0 Å². The van der Waals surface area contributed by atoms with Crippen molar-refractivity contribution in [2.24, 2.45) is 5.73 Å². The zero-order chi connectivity index (χ0) is 9.94. The molecule has 0 amide bonds.